The number of rotatable bonds is 3. The van der Waals surface area contributed by atoms with Crippen molar-refractivity contribution >= 4 is 22.4 Å². The van der Waals surface area contributed by atoms with E-state index in [4.69, 9.17) is 4.42 Å². The Morgan fingerprint density at radius 1 is 1.13 bits per heavy atom. The van der Waals surface area contributed by atoms with Crippen molar-refractivity contribution in [2.75, 3.05) is 5.32 Å². The summed E-state index contributed by atoms with van der Waals surface area (Å²) in [5.41, 5.74) is 4.58. The average molecular weight is 326 g/mol. The van der Waals surface area contributed by atoms with Crippen molar-refractivity contribution < 1.29 is 9.21 Å². The molecule has 4 nitrogen and oxygen atoms in total. The van der Waals surface area contributed by atoms with Crippen LogP contribution in [-0.2, 0) is 0 Å². The summed E-state index contributed by atoms with van der Waals surface area (Å²) in [4.78, 5) is 17.0. The molecule has 0 radical (unpaired) electrons. The van der Waals surface area contributed by atoms with Crippen molar-refractivity contribution in [1.82, 2.24) is 4.98 Å². The van der Waals surface area contributed by atoms with Gasteiger partial charge in [0.25, 0.3) is 5.91 Å². The van der Waals surface area contributed by atoms with Gasteiger partial charge in [0.05, 0.1) is 11.3 Å². The normalized spacial score (nSPS) is 10.8. The van der Waals surface area contributed by atoms with Crippen molar-refractivity contribution in [2.45, 2.75) is 27.7 Å². The fourth-order valence-electron chi connectivity index (χ4n) is 2.60. The van der Waals surface area contributed by atoms with E-state index in [0.29, 0.717) is 16.5 Å². The number of nitrogens with zero attached hydrogens (tertiary/aromatic N) is 1. The van der Waals surface area contributed by atoms with E-state index in [2.05, 4.69) is 10.3 Å². The second-order valence-corrected chi connectivity index (χ2v) is 6.38. The van der Waals surface area contributed by atoms with Gasteiger partial charge in [0.15, 0.2) is 5.13 Å². The Morgan fingerprint density at radius 2 is 1.87 bits per heavy atom. The lowest BCUT2D eigenvalue weighted by Gasteiger charge is -2.02. The lowest BCUT2D eigenvalue weighted by molar-refractivity contribution is 0.102. The highest BCUT2D eigenvalue weighted by Gasteiger charge is 2.19. The maximum atomic E-state index is 12.5. The van der Waals surface area contributed by atoms with E-state index in [0.717, 1.165) is 28.1 Å². The van der Waals surface area contributed by atoms with E-state index < -0.39 is 0 Å². The van der Waals surface area contributed by atoms with Gasteiger partial charge >= 0.3 is 0 Å². The lowest BCUT2D eigenvalue weighted by atomic mass is 10.1. The van der Waals surface area contributed by atoms with Crippen LogP contribution in [0.4, 0.5) is 5.13 Å². The van der Waals surface area contributed by atoms with Crippen LogP contribution in [0.3, 0.4) is 0 Å². The van der Waals surface area contributed by atoms with Crippen LogP contribution in [0.25, 0.3) is 11.3 Å². The summed E-state index contributed by atoms with van der Waals surface area (Å²) >= 11 is 1.42. The van der Waals surface area contributed by atoms with Gasteiger partial charge in [-0.25, -0.2) is 4.98 Å². The maximum Gasteiger partial charge on any atom is 0.261 e. The Bertz CT molecular complexity index is 877. The van der Waals surface area contributed by atoms with Crippen LogP contribution in [0.1, 0.15) is 33.0 Å². The highest BCUT2D eigenvalue weighted by Crippen LogP contribution is 2.28. The molecule has 3 rings (SSSR count). The summed E-state index contributed by atoms with van der Waals surface area (Å²) in [5, 5.41) is 5.42. The maximum absolute atomic E-state index is 12.5. The van der Waals surface area contributed by atoms with Gasteiger partial charge in [-0.05, 0) is 33.3 Å². The van der Waals surface area contributed by atoms with Crippen LogP contribution in [-0.4, -0.2) is 10.9 Å². The minimum atomic E-state index is -0.178. The van der Waals surface area contributed by atoms with Crippen molar-refractivity contribution in [3.63, 3.8) is 0 Å². The smallest absolute Gasteiger partial charge is 0.261 e. The van der Waals surface area contributed by atoms with E-state index >= 15 is 0 Å². The Labute approximate surface area is 139 Å². The van der Waals surface area contributed by atoms with Gasteiger partial charge in [-0.1, -0.05) is 24.3 Å². The fraction of sp³-hybridized carbons (Fsp3) is 0.222. The van der Waals surface area contributed by atoms with Crippen molar-refractivity contribution in [3.8, 4) is 11.3 Å². The van der Waals surface area contributed by atoms with Gasteiger partial charge in [0.2, 0.25) is 0 Å². The minimum Gasteiger partial charge on any atom is -0.466 e. The number of thiazole rings is 1. The van der Waals surface area contributed by atoms with Crippen LogP contribution >= 0.6 is 11.3 Å². The fourth-order valence-corrected chi connectivity index (χ4v) is 3.31. The zero-order valence-electron chi connectivity index (χ0n) is 13.6. The molecule has 1 amide bonds. The van der Waals surface area contributed by atoms with Gasteiger partial charge in [0, 0.05) is 16.5 Å². The Balaban J connectivity index is 1.85. The molecule has 0 saturated heterocycles. The first-order valence-corrected chi connectivity index (χ1v) is 8.25. The van der Waals surface area contributed by atoms with Gasteiger partial charge in [-0.3, -0.25) is 10.1 Å². The first-order valence-electron chi connectivity index (χ1n) is 7.37. The second kappa shape index (κ2) is 6.01. The van der Waals surface area contributed by atoms with Gasteiger partial charge in [0.1, 0.15) is 11.5 Å². The zero-order valence-corrected chi connectivity index (χ0v) is 14.4. The molecule has 0 unspecified atom stereocenters. The van der Waals surface area contributed by atoms with E-state index in [1.165, 1.54) is 11.3 Å². The van der Waals surface area contributed by atoms with Crippen LogP contribution in [0.15, 0.2) is 34.1 Å². The lowest BCUT2D eigenvalue weighted by Crippen LogP contribution is -2.13. The first-order chi connectivity index (χ1) is 11.0. The summed E-state index contributed by atoms with van der Waals surface area (Å²) in [6.45, 7) is 7.60. The summed E-state index contributed by atoms with van der Waals surface area (Å²) in [7, 11) is 0. The van der Waals surface area contributed by atoms with E-state index in [9.17, 15) is 4.79 Å². The van der Waals surface area contributed by atoms with Gasteiger partial charge in [-0.2, -0.15) is 0 Å². The molecule has 0 bridgehead atoms. The molecule has 5 heteroatoms. The number of hydrogen-bond donors (Lipinski definition) is 1. The number of furan rings is 1. The molecule has 0 fully saturated rings. The van der Waals surface area contributed by atoms with Crippen LogP contribution in [0, 0.1) is 27.7 Å². The molecule has 0 atom stereocenters. The molecule has 1 aromatic carbocycles. The van der Waals surface area contributed by atoms with Crippen molar-refractivity contribution in [2.24, 2.45) is 0 Å². The highest BCUT2D eigenvalue weighted by molar-refractivity contribution is 7.14. The number of hydrogen-bond acceptors (Lipinski definition) is 4. The molecule has 0 aliphatic carbocycles. The number of carbonyl (C=O) groups excluding carboxylic acids is 1. The number of aryl methyl sites for hydroxylation is 3. The van der Waals surface area contributed by atoms with Gasteiger partial charge in [-0.15, -0.1) is 11.3 Å². The summed E-state index contributed by atoms with van der Waals surface area (Å²) in [6.07, 6.45) is 0. The number of benzene rings is 1. The van der Waals surface area contributed by atoms with Crippen LogP contribution in [0.2, 0.25) is 0 Å². The Morgan fingerprint density at radius 3 is 2.52 bits per heavy atom. The first kappa shape index (κ1) is 15.5. The third kappa shape index (κ3) is 2.92. The molecule has 0 aliphatic rings. The van der Waals surface area contributed by atoms with Crippen LogP contribution < -0.4 is 5.32 Å². The topological polar surface area (TPSA) is 55.1 Å². The molecule has 0 saturated carbocycles. The number of nitrogens with one attached hydrogen (secondary N) is 1. The number of carbonyl (C=O) groups is 1. The zero-order chi connectivity index (χ0) is 16.6. The third-order valence-corrected chi connectivity index (χ3v) is 4.69. The molecule has 2 heterocycles. The summed E-state index contributed by atoms with van der Waals surface area (Å²) in [6, 6.07) is 8.07. The second-order valence-electron chi connectivity index (χ2n) is 5.52. The van der Waals surface area contributed by atoms with Gasteiger partial charge < -0.3 is 4.42 Å². The van der Waals surface area contributed by atoms with E-state index in [-0.39, 0.29) is 5.91 Å². The quantitative estimate of drug-likeness (QED) is 0.745. The van der Waals surface area contributed by atoms with Crippen molar-refractivity contribution in [3.05, 3.63) is 57.9 Å². The standard InChI is InChI=1S/C18H18N2O2S/c1-10-7-5-6-8-14(10)15-9-23-18(19-15)20-17(21)16-11(2)12(3)22-13(16)4/h5-9H,1-4H3,(H,19,20,21). The molecule has 118 valence electrons. The Hall–Kier alpha value is -2.40. The molecule has 0 aliphatic heterocycles. The highest BCUT2D eigenvalue weighted by atomic mass is 32.1. The molecular formula is C18H18N2O2S. The molecule has 1 N–H and O–H groups in total. The number of amides is 1. The predicted octanol–water partition coefficient (Wildman–Crippen LogP) is 4.89. The monoisotopic (exact) mass is 326 g/mol. The molecular weight excluding hydrogens is 308 g/mol. The molecule has 0 spiro atoms. The Kier molecular flexibility index (Phi) is 4.05. The number of aromatic nitrogens is 1. The van der Waals surface area contributed by atoms with Crippen molar-refractivity contribution in [1.29, 1.82) is 0 Å². The molecule has 3 aromatic rings. The van der Waals surface area contributed by atoms with E-state index in [1.54, 1.807) is 6.92 Å². The molecule has 23 heavy (non-hydrogen) atoms. The van der Waals surface area contributed by atoms with Crippen LogP contribution in [0.5, 0.6) is 0 Å². The average Bonchev–Trinajstić information content (AvgIpc) is 3.05. The predicted molar refractivity (Wildman–Crippen MR) is 93.2 cm³/mol. The SMILES string of the molecule is Cc1ccccc1-c1csc(NC(=O)c2c(C)oc(C)c2C)n1. The summed E-state index contributed by atoms with van der Waals surface area (Å²) < 4.78 is 5.52. The largest absolute Gasteiger partial charge is 0.466 e. The minimum absolute atomic E-state index is 0.178. The molecule has 2 aromatic heterocycles. The van der Waals surface area contributed by atoms with E-state index in [1.807, 2.05) is 50.4 Å². The summed E-state index contributed by atoms with van der Waals surface area (Å²) in [5.74, 6) is 1.23. The number of anilines is 1. The third-order valence-electron chi connectivity index (χ3n) is 3.93.